The van der Waals surface area contributed by atoms with Gasteiger partial charge in [0.15, 0.2) is 5.75 Å². The molecule has 0 aromatic heterocycles. The standard InChI is InChI=1S/C18H14N2O6S/c1-2-26-14-9-11(8-13(16(14)21)20(24)25)10-15-17(22)19(18(23)27-15)12-6-4-3-5-7-12/h3-10,21H,2H2,1H3/b15-10+. The Bertz CT molecular complexity index is 958. The highest BCUT2D eigenvalue weighted by atomic mass is 32.2. The van der Waals surface area contributed by atoms with E-state index in [9.17, 15) is 24.8 Å². The highest BCUT2D eigenvalue weighted by Crippen LogP contribution is 2.40. The first-order valence-corrected chi connectivity index (χ1v) is 8.71. The number of phenolic OH excluding ortho intramolecular Hbond substituents is 1. The van der Waals surface area contributed by atoms with Crippen molar-refractivity contribution in [3.8, 4) is 11.5 Å². The van der Waals surface area contributed by atoms with Gasteiger partial charge in [0.05, 0.1) is 22.1 Å². The summed E-state index contributed by atoms with van der Waals surface area (Å²) < 4.78 is 5.22. The normalized spacial score (nSPS) is 15.4. The number of anilines is 1. The van der Waals surface area contributed by atoms with Crippen molar-refractivity contribution in [1.82, 2.24) is 0 Å². The maximum atomic E-state index is 12.6. The van der Waals surface area contributed by atoms with Gasteiger partial charge in [-0.1, -0.05) is 18.2 Å². The number of ether oxygens (including phenoxy) is 1. The molecule has 0 atom stereocenters. The highest BCUT2D eigenvalue weighted by Gasteiger charge is 2.36. The Balaban J connectivity index is 2.01. The van der Waals surface area contributed by atoms with E-state index in [0.717, 1.165) is 22.7 Å². The SMILES string of the molecule is CCOc1cc(/C=C2/SC(=O)N(c3ccccc3)C2=O)cc([N+](=O)[O-])c1O. The van der Waals surface area contributed by atoms with E-state index in [0.29, 0.717) is 5.69 Å². The zero-order valence-corrected chi connectivity index (χ0v) is 14.9. The third-order valence-electron chi connectivity index (χ3n) is 3.68. The number of para-hydroxylation sites is 1. The molecular formula is C18H14N2O6S. The van der Waals surface area contributed by atoms with Crippen LogP contribution in [-0.2, 0) is 4.79 Å². The number of nitro benzene ring substituents is 1. The molecule has 0 aliphatic carbocycles. The van der Waals surface area contributed by atoms with Crippen LogP contribution in [0.4, 0.5) is 16.2 Å². The van der Waals surface area contributed by atoms with Crippen molar-refractivity contribution in [3.05, 3.63) is 63.0 Å². The number of phenols is 1. The van der Waals surface area contributed by atoms with Crippen molar-refractivity contribution in [1.29, 1.82) is 0 Å². The number of nitrogens with zero attached hydrogens (tertiary/aromatic N) is 2. The van der Waals surface area contributed by atoms with E-state index in [1.807, 2.05) is 0 Å². The van der Waals surface area contributed by atoms with Crippen LogP contribution in [0.3, 0.4) is 0 Å². The summed E-state index contributed by atoms with van der Waals surface area (Å²) in [7, 11) is 0. The second-order valence-corrected chi connectivity index (χ2v) is 6.42. The van der Waals surface area contributed by atoms with Crippen molar-refractivity contribution >= 4 is 40.4 Å². The summed E-state index contributed by atoms with van der Waals surface area (Å²) in [6.07, 6.45) is 1.36. The molecule has 0 spiro atoms. The molecule has 1 aliphatic rings. The predicted octanol–water partition coefficient (Wildman–Crippen LogP) is 3.94. The first-order valence-electron chi connectivity index (χ1n) is 7.89. The number of carbonyl (C=O) groups excluding carboxylic acids is 2. The van der Waals surface area contributed by atoms with Crippen molar-refractivity contribution < 1.29 is 24.4 Å². The van der Waals surface area contributed by atoms with Crippen molar-refractivity contribution in [2.75, 3.05) is 11.5 Å². The van der Waals surface area contributed by atoms with Gasteiger partial charge in [0, 0.05) is 6.07 Å². The van der Waals surface area contributed by atoms with Gasteiger partial charge in [-0.3, -0.25) is 19.7 Å². The summed E-state index contributed by atoms with van der Waals surface area (Å²) in [4.78, 5) is 36.4. The topological polar surface area (TPSA) is 110 Å². The molecule has 8 nitrogen and oxygen atoms in total. The molecule has 9 heteroatoms. The second kappa shape index (κ2) is 7.50. The Labute approximate surface area is 158 Å². The number of benzene rings is 2. The summed E-state index contributed by atoms with van der Waals surface area (Å²) in [5.41, 5.74) is 0.158. The molecule has 1 N–H and O–H groups in total. The molecule has 0 radical (unpaired) electrons. The maximum Gasteiger partial charge on any atom is 0.315 e. The summed E-state index contributed by atoms with van der Waals surface area (Å²) in [6.45, 7) is 1.86. The minimum atomic E-state index is -0.745. The van der Waals surface area contributed by atoms with Crippen LogP contribution in [0.15, 0.2) is 47.4 Å². The van der Waals surface area contributed by atoms with E-state index in [2.05, 4.69) is 0 Å². The van der Waals surface area contributed by atoms with E-state index in [-0.39, 0.29) is 22.8 Å². The van der Waals surface area contributed by atoms with Crippen LogP contribution in [0, 0.1) is 10.1 Å². The minimum absolute atomic E-state index is 0.0692. The van der Waals surface area contributed by atoms with Crippen LogP contribution in [-0.4, -0.2) is 27.8 Å². The molecule has 0 bridgehead atoms. The smallest absolute Gasteiger partial charge is 0.315 e. The Morgan fingerprint density at radius 1 is 1.26 bits per heavy atom. The molecule has 138 valence electrons. The minimum Gasteiger partial charge on any atom is -0.500 e. The number of imide groups is 1. The van der Waals surface area contributed by atoms with Gasteiger partial charge in [-0.15, -0.1) is 0 Å². The molecule has 0 saturated carbocycles. The molecule has 2 amide bonds. The Morgan fingerprint density at radius 2 is 1.96 bits per heavy atom. The number of hydrogen-bond acceptors (Lipinski definition) is 7. The number of aromatic hydroxyl groups is 1. The molecule has 1 fully saturated rings. The first kappa shape index (κ1) is 18.5. The molecule has 27 heavy (non-hydrogen) atoms. The van der Waals surface area contributed by atoms with Crippen LogP contribution in [0.1, 0.15) is 12.5 Å². The lowest BCUT2D eigenvalue weighted by atomic mass is 10.1. The number of thioether (sulfide) groups is 1. The fourth-order valence-electron chi connectivity index (χ4n) is 2.52. The lowest BCUT2D eigenvalue weighted by Gasteiger charge is -2.11. The third kappa shape index (κ3) is 3.63. The van der Waals surface area contributed by atoms with Gasteiger partial charge in [-0.05, 0) is 48.5 Å². The first-order chi connectivity index (χ1) is 12.9. The number of nitro groups is 1. The Morgan fingerprint density at radius 3 is 2.59 bits per heavy atom. The fraction of sp³-hybridized carbons (Fsp3) is 0.111. The summed E-state index contributed by atoms with van der Waals surface area (Å²) in [6, 6.07) is 11.0. The second-order valence-electron chi connectivity index (χ2n) is 5.43. The van der Waals surface area contributed by atoms with Gasteiger partial charge in [-0.2, -0.15) is 0 Å². The quantitative estimate of drug-likeness (QED) is 0.471. The van der Waals surface area contributed by atoms with Crippen LogP contribution >= 0.6 is 11.8 Å². The number of hydrogen-bond donors (Lipinski definition) is 1. The molecule has 2 aromatic rings. The van der Waals surface area contributed by atoms with Crippen LogP contribution in [0.2, 0.25) is 0 Å². The fourth-order valence-corrected chi connectivity index (χ4v) is 3.36. The van der Waals surface area contributed by atoms with E-state index in [4.69, 9.17) is 4.74 Å². The Hall–Kier alpha value is -3.33. The number of amides is 2. The molecule has 3 rings (SSSR count). The van der Waals surface area contributed by atoms with E-state index < -0.39 is 27.5 Å². The largest absolute Gasteiger partial charge is 0.500 e. The molecule has 2 aromatic carbocycles. The van der Waals surface area contributed by atoms with Crippen LogP contribution in [0.25, 0.3) is 6.08 Å². The van der Waals surface area contributed by atoms with Gasteiger partial charge in [0.1, 0.15) is 0 Å². The molecule has 0 unspecified atom stereocenters. The Kier molecular flexibility index (Phi) is 5.13. The third-order valence-corrected chi connectivity index (χ3v) is 4.55. The molecule has 1 heterocycles. The maximum absolute atomic E-state index is 12.6. The zero-order valence-electron chi connectivity index (χ0n) is 14.1. The van der Waals surface area contributed by atoms with E-state index in [1.54, 1.807) is 37.3 Å². The van der Waals surface area contributed by atoms with E-state index >= 15 is 0 Å². The van der Waals surface area contributed by atoms with Gasteiger partial charge in [0.25, 0.3) is 11.1 Å². The summed E-state index contributed by atoms with van der Waals surface area (Å²) in [5.74, 6) is -1.18. The van der Waals surface area contributed by atoms with Crippen LogP contribution in [0.5, 0.6) is 11.5 Å². The van der Waals surface area contributed by atoms with Crippen LogP contribution < -0.4 is 9.64 Å². The van der Waals surface area contributed by atoms with Gasteiger partial charge < -0.3 is 9.84 Å². The number of rotatable bonds is 5. The van der Waals surface area contributed by atoms with Gasteiger partial charge >= 0.3 is 5.69 Å². The summed E-state index contributed by atoms with van der Waals surface area (Å²) in [5, 5.41) is 20.6. The molecule has 1 aliphatic heterocycles. The van der Waals surface area contributed by atoms with Crippen molar-refractivity contribution in [2.24, 2.45) is 0 Å². The molecular weight excluding hydrogens is 372 g/mol. The van der Waals surface area contributed by atoms with Crippen molar-refractivity contribution in [2.45, 2.75) is 6.92 Å². The zero-order chi connectivity index (χ0) is 19.6. The lowest BCUT2D eigenvalue weighted by molar-refractivity contribution is -0.386. The van der Waals surface area contributed by atoms with Gasteiger partial charge in [-0.25, -0.2) is 4.90 Å². The average Bonchev–Trinajstić information content (AvgIpc) is 2.91. The number of carbonyl (C=O) groups is 2. The average molecular weight is 386 g/mol. The highest BCUT2D eigenvalue weighted by molar-refractivity contribution is 8.19. The monoisotopic (exact) mass is 386 g/mol. The van der Waals surface area contributed by atoms with E-state index in [1.165, 1.54) is 12.1 Å². The van der Waals surface area contributed by atoms with Gasteiger partial charge in [0.2, 0.25) is 5.75 Å². The summed E-state index contributed by atoms with van der Waals surface area (Å²) >= 11 is 0.734. The van der Waals surface area contributed by atoms with Crippen molar-refractivity contribution in [3.63, 3.8) is 0 Å². The predicted molar refractivity (Wildman–Crippen MR) is 101 cm³/mol. The molecule has 1 saturated heterocycles. The lowest BCUT2D eigenvalue weighted by Crippen LogP contribution is -2.27.